The van der Waals surface area contributed by atoms with Crippen molar-refractivity contribution < 1.29 is 4.79 Å². The van der Waals surface area contributed by atoms with Gasteiger partial charge in [-0.15, -0.1) is 0 Å². The SMILES string of the molecule is CCC(=O)Nc1ccc(N=Cc2ccc(C)cc2)cc1. The average Bonchev–Trinajstić information content (AvgIpc) is 2.48. The minimum Gasteiger partial charge on any atom is -0.326 e. The molecule has 0 unspecified atom stereocenters. The normalized spacial score (nSPS) is 10.7. The van der Waals surface area contributed by atoms with Gasteiger partial charge in [-0.2, -0.15) is 0 Å². The van der Waals surface area contributed by atoms with Gasteiger partial charge in [0.05, 0.1) is 5.69 Å². The van der Waals surface area contributed by atoms with Crippen molar-refractivity contribution in [2.45, 2.75) is 20.3 Å². The molecule has 102 valence electrons. The molecular weight excluding hydrogens is 248 g/mol. The van der Waals surface area contributed by atoms with Gasteiger partial charge in [-0.25, -0.2) is 0 Å². The summed E-state index contributed by atoms with van der Waals surface area (Å²) >= 11 is 0. The zero-order valence-corrected chi connectivity index (χ0v) is 11.8. The first kappa shape index (κ1) is 14.0. The van der Waals surface area contributed by atoms with Crippen LogP contribution < -0.4 is 5.32 Å². The Morgan fingerprint density at radius 3 is 2.35 bits per heavy atom. The molecule has 0 aliphatic rings. The quantitative estimate of drug-likeness (QED) is 0.832. The number of anilines is 1. The Kier molecular flexibility index (Phi) is 4.66. The lowest BCUT2D eigenvalue weighted by atomic mass is 10.2. The molecule has 20 heavy (non-hydrogen) atoms. The van der Waals surface area contributed by atoms with Crippen molar-refractivity contribution in [2.75, 3.05) is 5.32 Å². The molecule has 0 fully saturated rings. The van der Waals surface area contributed by atoms with Crippen molar-refractivity contribution in [2.24, 2.45) is 4.99 Å². The number of amides is 1. The van der Waals surface area contributed by atoms with Crippen LogP contribution in [0.4, 0.5) is 11.4 Å². The highest BCUT2D eigenvalue weighted by Gasteiger charge is 1.98. The third-order valence-electron chi connectivity index (χ3n) is 2.91. The van der Waals surface area contributed by atoms with E-state index in [-0.39, 0.29) is 5.91 Å². The topological polar surface area (TPSA) is 41.5 Å². The van der Waals surface area contributed by atoms with Crippen molar-refractivity contribution in [3.8, 4) is 0 Å². The highest BCUT2D eigenvalue weighted by atomic mass is 16.1. The third kappa shape index (κ3) is 4.05. The molecule has 0 saturated heterocycles. The highest BCUT2D eigenvalue weighted by Crippen LogP contribution is 2.16. The fraction of sp³-hybridized carbons (Fsp3) is 0.176. The lowest BCUT2D eigenvalue weighted by Crippen LogP contribution is -2.08. The Labute approximate surface area is 119 Å². The Morgan fingerprint density at radius 1 is 1.10 bits per heavy atom. The molecule has 0 radical (unpaired) electrons. The van der Waals surface area contributed by atoms with Crippen LogP contribution in [0.15, 0.2) is 53.5 Å². The van der Waals surface area contributed by atoms with E-state index in [0.29, 0.717) is 6.42 Å². The van der Waals surface area contributed by atoms with Crippen molar-refractivity contribution >= 4 is 23.5 Å². The first-order valence-electron chi connectivity index (χ1n) is 6.68. The molecule has 0 aliphatic carbocycles. The van der Waals surface area contributed by atoms with Crippen LogP contribution >= 0.6 is 0 Å². The second-order valence-corrected chi connectivity index (χ2v) is 4.62. The van der Waals surface area contributed by atoms with E-state index >= 15 is 0 Å². The van der Waals surface area contributed by atoms with E-state index in [1.807, 2.05) is 49.5 Å². The summed E-state index contributed by atoms with van der Waals surface area (Å²) in [7, 11) is 0. The summed E-state index contributed by atoms with van der Waals surface area (Å²) < 4.78 is 0. The van der Waals surface area contributed by atoms with Crippen LogP contribution in [0.25, 0.3) is 0 Å². The first-order valence-corrected chi connectivity index (χ1v) is 6.68. The van der Waals surface area contributed by atoms with E-state index in [2.05, 4.69) is 29.4 Å². The minimum absolute atomic E-state index is 0.0147. The number of aryl methyl sites for hydroxylation is 1. The van der Waals surface area contributed by atoms with Gasteiger partial charge >= 0.3 is 0 Å². The van der Waals surface area contributed by atoms with Crippen molar-refractivity contribution in [3.63, 3.8) is 0 Å². The predicted octanol–water partition coefficient (Wildman–Crippen LogP) is 4.09. The monoisotopic (exact) mass is 266 g/mol. The predicted molar refractivity (Wildman–Crippen MR) is 83.8 cm³/mol. The third-order valence-corrected chi connectivity index (χ3v) is 2.91. The van der Waals surface area contributed by atoms with Crippen LogP contribution in [0.5, 0.6) is 0 Å². The standard InChI is InChI=1S/C17H18N2O/c1-3-17(20)19-16-10-8-15(9-11-16)18-12-14-6-4-13(2)5-7-14/h4-12H,3H2,1-2H3,(H,19,20). The molecular formula is C17H18N2O. The summed E-state index contributed by atoms with van der Waals surface area (Å²) in [4.78, 5) is 15.7. The van der Waals surface area contributed by atoms with Gasteiger partial charge in [0.1, 0.15) is 0 Å². The maximum Gasteiger partial charge on any atom is 0.224 e. The zero-order valence-electron chi connectivity index (χ0n) is 11.8. The van der Waals surface area contributed by atoms with E-state index in [1.165, 1.54) is 5.56 Å². The number of benzene rings is 2. The van der Waals surface area contributed by atoms with Gasteiger partial charge in [0.15, 0.2) is 0 Å². The summed E-state index contributed by atoms with van der Waals surface area (Å²) in [6, 6.07) is 15.7. The molecule has 0 atom stereocenters. The van der Waals surface area contributed by atoms with Gasteiger partial charge in [0.2, 0.25) is 5.91 Å². The lowest BCUT2D eigenvalue weighted by molar-refractivity contribution is -0.115. The van der Waals surface area contributed by atoms with E-state index < -0.39 is 0 Å². The molecule has 1 amide bonds. The summed E-state index contributed by atoms with van der Waals surface area (Å²) in [5, 5.41) is 2.81. The van der Waals surface area contributed by atoms with Gasteiger partial charge in [-0.3, -0.25) is 9.79 Å². The van der Waals surface area contributed by atoms with Crippen molar-refractivity contribution in [1.29, 1.82) is 0 Å². The largest absolute Gasteiger partial charge is 0.326 e. The fourth-order valence-corrected chi connectivity index (χ4v) is 1.68. The molecule has 3 nitrogen and oxygen atoms in total. The van der Waals surface area contributed by atoms with Crippen LogP contribution in [-0.2, 0) is 4.79 Å². The first-order chi connectivity index (χ1) is 9.67. The van der Waals surface area contributed by atoms with Crippen LogP contribution in [0, 0.1) is 6.92 Å². The molecule has 0 aromatic heterocycles. The van der Waals surface area contributed by atoms with Crippen molar-refractivity contribution in [1.82, 2.24) is 0 Å². The number of nitrogens with one attached hydrogen (secondary N) is 1. The number of carbonyl (C=O) groups excluding carboxylic acids is 1. The molecule has 2 aromatic rings. The molecule has 2 aromatic carbocycles. The number of hydrogen-bond acceptors (Lipinski definition) is 2. The minimum atomic E-state index is 0.0147. The molecule has 0 saturated carbocycles. The molecule has 0 spiro atoms. The molecule has 0 bridgehead atoms. The van der Waals surface area contributed by atoms with Crippen LogP contribution in [0.2, 0.25) is 0 Å². The second kappa shape index (κ2) is 6.66. The number of carbonyl (C=O) groups is 1. The van der Waals surface area contributed by atoms with Crippen LogP contribution in [0.1, 0.15) is 24.5 Å². The smallest absolute Gasteiger partial charge is 0.224 e. The summed E-state index contributed by atoms with van der Waals surface area (Å²) in [5.41, 5.74) is 3.96. The highest BCUT2D eigenvalue weighted by molar-refractivity contribution is 5.90. The molecule has 0 heterocycles. The average molecular weight is 266 g/mol. The maximum absolute atomic E-state index is 11.3. The number of rotatable bonds is 4. The van der Waals surface area contributed by atoms with Crippen LogP contribution in [0.3, 0.4) is 0 Å². The van der Waals surface area contributed by atoms with E-state index in [1.54, 1.807) is 0 Å². The molecule has 3 heteroatoms. The van der Waals surface area contributed by atoms with Gasteiger partial charge in [-0.05, 0) is 36.8 Å². The molecule has 2 rings (SSSR count). The van der Waals surface area contributed by atoms with Gasteiger partial charge in [0, 0.05) is 18.3 Å². The van der Waals surface area contributed by atoms with E-state index in [4.69, 9.17) is 0 Å². The van der Waals surface area contributed by atoms with E-state index in [9.17, 15) is 4.79 Å². The van der Waals surface area contributed by atoms with Gasteiger partial charge in [0.25, 0.3) is 0 Å². The number of nitrogens with zero attached hydrogens (tertiary/aromatic N) is 1. The van der Waals surface area contributed by atoms with Crippen molar-refractivity contribution in [3.05, 3.63) is 59.7 Å². The second-order valence-electron chi connectivity index (χ2n) is 4.62. The Morgan fingerprint density at radius 2 is 1.75 bits per heavy atom. The van der Waals surface area contributed by atoms with Gasteiger partial charge in [-0.1, -0.05) is 36.8 Å². The van der Waals surface area contributed by atoms with Gasteiger partial charge < -0.3 is 5.32 Å². The number of hydrogen-bond donors (Lipinski definition) is 1. The Bertz CT molecular complexity index is 598. The van der Waals surface area contributed by atoms with E-state index in [0.717, 1.165) is 16.9 Å². The lowest BCUT2D eigenvalue weighted by Gasteiger charge is -2.03. The number of aliphatic imine (C=N–C) groups is 1. The molecule has 0 aliphatic heterocycles. The Hall–Kier alpha value is -2.42. The molecule has 1 N–H and O–H groups in total. The summed E-state index contributed by atoms with van der Waals surface area (Å²) in [5.74, 6) is 0.0147. The van der Waals surface area contributed by atoms with Crippen LogP contribution in [-0.4, -0.2) is 12.1 Å². The zero-order chi connectivity index (χ0) is 14.4. The Balaban J connectivity index is 2.03. The summed E-state index contributed by atoms with van der Waals surface area (Å²) in [6.45, 7) is 3.89. The maximum atomic E-state index is 11.3. The fourth-order valence-electron chi connectivity index (χ4n) is 1.68. The summed E-state index contributed by atoms with van der Waals surface area (Å²) in [6.07, 6.45) is 2.31.